The van der Waals surface area contributed by atoms with Crippen molar-refractivity contribution >= 4 is 22.7 Å². The Hall–Kier alpha value is -2.22. The van der Waals surface area contributed by atoms with E-state index in [1.807, 2.05) is 0 Å². The van der Waals surface area contributed by atoms with Crippen molar-refractivity contribution in [3.8, 4) is 0 Å². The Morgan fingerprint density at radius 1 is 1.45 bits per heavy atom. The largest absolute Gasteiger partial charge is 0.394 e. The maximum atomic E-state index is 7.81. The Morgan fingerprint density at radius 3 is 3.20 bits per heavy atom. The van der Waals surface area contributed by atoms with Gasteiger partial charge in [-0.05, 0) is 19.3 Å². The molecular formula is C12H17N7O. The Kier molecular flexibility index (Phi) is 3.46. The average Bonchev–Trinajstić information content (AvgIpc) is 3.08. The van der Waals surface area contributed by atoms with E-state index in [4.69, 9.17) is 10.2 Å². The lowest BCUT2D eigenvalue weighted by atomic mass is 10.1. The highest BCUT2D eigenvalue weighted by Crippen LogP contribution is 2.29. The SMILES string of the molecule is CNOC(=N)[C@H]1CC[C@H](Nc2ncnc3[nH]ncc23)C1. The van der Waals surface area contributed by atoms with Crippen molar-refractivity contribution in [2.24, 2.45) is 5.92 Å². The minimum absolute atomic E-state index is 0.154. The molecule has 8 nitrogen and oxygen atoms in total. The fraction of sp³-hybridized carbons (Fsp3) is 0.500. The Labute approximate surface area is 115 Å². The number of hydrogen-bond donors (Lipinski definition) is 4. The van der Waals surface area contributed by atoms with Gasteiger partial charge in [0.15, 0.2) is 5.65 Å². The molecule has 20 heavy (non-hydrogen) atoms. The molecule has 0 bridgehead atoms. The molecule has 0 amide bonds. The van der Waals surface area contributed by atoms with Crippen LogP contribution in [0.1, 0.15) is 19.3 Å². The number of H-pyrrole nitrogens is 1. The first-order valence-corrected chi connectivity index (χ1v) is 6.60. The summed E-state index contributed by atoms with van der Waals surface area (Å²) in [7, 11) is 1.66. The molecule has 1 fully saturated rings. The highest BCUT2D eigenvalue weighted by atomic mass is 16.6. The number of fused-ring (bicyclic) bond motifs is 1. The van der Waals surface area contributed by atoms with Gasteiger partial charge in [0, 0.05) is 19.0 Å². The van der Waals surface area contributed by atoms with Gasteiger partial charge in [-0.1, -0.05) is 0 Å². The second-order valence-corrected chi connectivity index (χ2v) is 4.88. The maximum absolute atomic E-state index is 7.81. The second kappa shape index (κ2) is 5.41. The summed E-state index contributed by atoms with van der Waals surface area (Å²) in [5, 5.41) is 18.9. The summed E-state index contributed by atoms with van der Waals surface area (Å²) in [5.41, 5.74) is 3.28. The van der Waals surface area contributed by atoms with Crippen LogP contribution in [-0.4, -0.2) is 39.2 Å². The number of aromatic nitrogens is 4. The van der Waals surface area contributed by atoms with Gasteiger partial charge in [-0.25, -0.2) is 9.97 Å². The normalized spacial score (nSPS) is 22.1. The van der Waals surface area contributed by atoms with Gasteiger partial charge >= 0.3 is 0 Å². The molecule has 0 saturated heterocycles. The van der Waals surface area contributed by atoms with Gasteiger partial charge in [0.05, 0.1) is 11.6 Å². The van der Waals surface area contributed by atoms with Crippen molar-refractivity contribution in [2.75, 3.05) is 12.4 Å². The van der Waals surface area contributed by atoms with E-state index in [1.165, 1.54) is 6.33 Å². The lowest BCUT2D eigenvalue weighted by Gasteiger charge is -2.14. The maximum Gasteiger partial charge on any atom is 0.209 e. The molecule has 8 heteroatoms. The summed E-state index contributed by atoms with van der Waals surface area (Å²) in [6.45, 7) is 0. The summed E-state index contributed by atoms with van der Waals surface area (Å²) in [4.78, 5) is 13.4. The highest BCUT2D eigenvalue weighted by molar-refractivity contribution is 5.85. The monoisotopic (exact) mass is 275 g/mol. The number of aromatic amines is 1. The van der Waals surface area contributed by atoms with E-state index in [-0.39, 0.29) is 12.0 Å². The van der Waals surface area contributed by atoms with Crippen molar-refractivity contribution in [3.05, 3.63) is 12.5 Å². The summed E-state index contributed by atoms with van der Waals surface area (Å²) >= 11 is 0. The minimum Gasteiger partial charge on any atom is -0.394 e. The van der Waals surface area contributed by atoms with Crippen LogP contribution < -0.4 is 10.8 Å². The Balaban J connectivity index is 1.67. The Bertz CT molecular complexity index is 611. The molecule has 106 valence electrons. The fourth-order valence-electron chi connectivity index (χ4n) is 2.62. The zero-order chi connectivity index (χ0) is 13.9. The minimum atomic E-state index is 0.154. The van der Waals surface area contributed by atoms with Gasteiger partial charge in [-0.2, -0.15) is 10.6 Å². The van der Waals surface area contributed by atoms with E-state index in [9.17, 15) is 0 Å². The van der Waals surface area contributed by atoms with Crippen LogP contribution in [0.3, 0.4) is 0 Å². The molecule has 0 unspecified atom stereocenters. The predicted octanol–water partition coefficient (Wildman–Crippen LogP) is 1.06. The Morgan fingerprint density at radius 2 is 2.35 bits per heavy atom. The van der Waals surface area contributed by atoms with Crippen LogP contribution in [0.2, 0.25) is 0 Å². The van der Waals surface area contributed by atoms with E-state index in [1.54, 1.807) is 13.2 Å². The van der Waals surface area contributed by atoms with Crippen LogP contribution in [0.25, 0.3) is 11.0 Å². The topological polar surface area (TPSA) is 112 Å². The average molecular weight is 275 g/mol. The van der Waals surface area contributed by atoms with Crippen molar-refractivity contribution in [1.82, 2.24) is 25.6 Å². The molecule has 2 heterocycles. The quantitative estimate of drug-likeness (QED) is 0.377. The molecule has 3 rings (SSSR count). The predicted molar refractivity (Wildman–Crippen MR) is 74.3 cm³/mol. The number of hydroxylamine groups is 1. The number of anilines is 1. The smallest absolute Gasteiger partial charge is 0.209 e. The molecule has 2 aromatic rings. The summed E-state index contributed by atoms with van der Waals surface area (Å²) in [5.74, 6) is 1.24. The molecule has 1 aliphatic rings. The van der Waals surface area contributed by atoms with E-state index in [0.29, 0.717) is 5.90 Å². The van der Waals surface area contributed by atoms with Crippen molar-refractivity contribution < 1.29 is 4.84 Å². The highest BCUT2D eigenvalue weighted by Gasteiger charge is 2.29. The first-order chi connectivity index (χ1) is 9.78. The van der Waals surface area contributed by atoms with Crippen molar-refractivity contribution in [1.29, 1.82) is 5.41 Å². The van der Waals surface area contributed by atoms with Crippen LogP contribution in [0, 0.1) is 11.3 Å². The van der Waals surface area contributed by atoms with Crippen LogP contribution in [-0.2, 0) is 4.84 Å². The molecule has 0 spiro atoms. The lowest BCUT2D eigenvalue weighted by Crippen LogP contribution is -2.23. The molecule has 2 atom stereocenters. The molecule has 0 aromatic carbocycles. The van der Waals surface area contributed by atoms with E-state index in [2.05, 4.69) is 31.0 Å². The molecule has 1 saturated carbocycles. The first kappa shape index (κ1) is 12.8. The molecule has 1 aliphatic carbocycles. The second-order valence-electron chi connectivity index (χ2n) is 4.88. The van der Waals surface area contributed by atoms with Gasteiger partial charge in [0.1, 0.15) is 12.1 Å². The molecule has 0 radical (unpaired) electrons. The zero-order valence-electron chi connectivity index (χ0n) is 11.2. The third-order valence-electron chi connectivity index (χ3n) is 3.60. The van der Waals surface area contributed by atoms with Gasteiger partial charge < -0.3 is 10.2 Å². The van der Waals surface area contributed by atoms with E-state index >= 15 is 0 Å². The third-order valence-corrected chi connectivity index (χ3v) is 3.60. The molecule has 4 N–H and O–H groups in total. The van der Waals surface area contributed by atoms with E-state index in [0.717, 1.165) is 36.1 Å². The van der Waals surface area contributed by atoms with Gasteiger partial charge in [0.2, 0.25) is 5.90 Å². The molecular weight excluding hydrogens is 258 g/mol. The van der Waals surface area contributed by atoms with Gasteiger partial charge in [-0.3, -0.25) is 10.5 Å². The third kappa shape index (κ3) is 2.42. The van der Waals surface area contributed by atoms with Crippen molar-refractivity contribution in [3.63, 3.8) is 0 Å². The number of rotatable bonds is 4. The molecule has 2 aromatic heterocycles. The summed E-state index contributed by atoms with van der Waals surface area (Å²) < 4.78 is 0. The standard InChI is InChI=1S/C12H17N7O/c1-14-20-10(13)7-2-3-8(4-7)18-11-9-5-17-19-12(9)16-6-15-11/h5-8,13-14H,2-4H2,1H3,(H2,15,16,17,18,19)/t7-,8-/m0/s1. The number of nitrogens with zero attached hydrogens (tertiary/aromatic N) is 3. The van der Waals surface area contributed by atoms with Crippen LogP contribution in [0.4, 0.5) is 5.82 Å². The summed E-state index contributed by atoms with van der Waals surface area (Å²) in [6, 6.07) is 0.286. The lowest BCUT2D eigenvalue weighted by molar-refractivity contribution is 0.188. The van der Waals surface area contributed by atoms with Crippen LogP contribution in [0.5, 0.6) is 0 Å². The number of hydrogen-bond acceptors (Lipinski definition) is 7. The van der Waals surface area contributed by atoms with Gasteiger partial charge in [-0.15, -0.1) is 0 Å². The summed E-state index contributed by atoms with van der Waals surface area (Å²) in [6.07, 6.45) is 6.03. The van der Waals surface area contributed by atoms with Crippen LogP contribution >= 0.6 is 0 Å². The van der Waals surface area contributed by atoms with E-state index < -0.39 is 0 Å². The zero-order valence-corrected chi connectivity index (χ0v) is 11.2. The molecule has 0 aliphatic heterocycles. The number of nitrogens with one attached hydrogen (secondary N) is 4. The fourth-order valence-corrected chi connectivity index (χ4v) is 2.62. The first-order valence-electron chi connectivity index (χ1n) is 6.60. The van der Waals surface area contributed by atoms with Crippen molar-refractivity contribution in [2.45, 2.75) is 25.3 Å². The van der Waals surface area contributed by atoms with Gasteiger partial charge in [0.25, 0.3) is 0 Å². The van der Waals surface area contributed by atoms with Crippen LogP contribution in [0.15, 0.2) is 12.5 Å².